The Balaban J connectivity index is 2.77. The molecule has 1 unspecified atom stereocenters. The first kappa shape index (κ1) is 15.0. The third-order valence-corrected chi connectivity index (χ3v) is 3.13. The van der Waals surface area contributed by atoms with Crippen molar-refractivity contribution in [1.29, 1.82) is 0 Å². The zero-order valence-corrected chi connectivity index (χ0v) is 12.0. The van der Waals surface area contributed by atoms with Gasteiger partial charge >= 0.3 is 0 Å². The van der Waals surface area contributed by atoms with Crippen LogP contribution in [0.25, 0.3) is 0 Å². The molecule has 0 aliphatic heterocycles. The van der Waals surface area contributed by atoms with Crippen molar-refractivity contribution in [2.45, 2.75) is 32.7 Å². The van der Waals surface area contributed by atoms with Gasteiger partial charge in [0.15, 0.2) is 0 Å². The summed E-state index contributed by atoms with van der Waals surface area (Å²) in [6, 6.07) is 6.81. The van der Waals surface area contributed by atoms with Gasteiger partial charge in [-0.1, -0.05) is 19.1 Å². The van der Waals surface area contributed by atoms with Gasteiger partial charge in [-0.25, -0.2) is 0 Å². The van der Waals surface area contributed by atoms with E-state index in [4.69, 9.17) is 9.47 Å². The van der Waals surface area contributed by atoms with Crippen molar-refractivity contribution in [3.05, 3.63) is 29.3 Å². The van der Waals surface area contributed by atoms with Gasteiger partial charge in [0.2, 0.25) is 0 Å². The fraction of sp³-hybridized carbons (Fsp3) is 0.600. The molecular weight excluding hydrogens is 226 g/mol. The third-order valence-electron chi connectivity index (χ3n) is 3.13. The highest BCUT2D eigenvalue weighted by atomic mass is 16.5. The maximum atomic E-state index is 5.39. The molecule has 3 nitrogen and oxygen atoms in total. The molecule has 0 fully saturated rings. The van der Waals surface area contributed by atoms with Gasteiger partial charge in [0.05, 0.1) is 7.11 Å². The molecule has 0 spiro atoms. The van der Waals surface area contributed by atoms with Gasteiger partial charge in [0.25, 0.3) is 0 Å². The van der Waals surface area contributed by atoms with Crippen molar-refractivity contribution >= 4 is 0 Å². The molecule has 102 valence electrons. The van der Waals surface area contributed by atoms with Crippen LogP contribution >= 0.6 is 0 Å². The summed E-state index contributed by atoms with van der Waals surface area (Å²) in [4.78, 5) is 0. The second-order valence-electron chi connectivity index (χ2n) is 4.47. The van der Waals surface area contributed by atoms with Crippen LogP contribution in [0.3, 0.4) is 0 Å². The lowest BCUT2D eigenvalue weighted by Gasteiger charge is -2.19. The van der Waals surface area contributed by atoms with Crippen LogP contribution in [0.15, 0.2) is 18.2 Å². The second kappa shape index (κ2) is 8.11. The highest BCUT2D eigenvalue weighted by molar-refractivity contribution is 5.37. The Bertz CT molecular complexity index is 352. The van der Waals surface area contributed by atoms with Gasteiger partial charge in [-0.3, -0.25) is 0 Å². The number of methoxy groups -OCH3 is 2. The van der Waals surface area contributed by atoms with Crippen LogP contribution in [0.2, 0.25) is 0 Å². The molecule has 0 saturated carbocycles. The quantitative estimate of drug-likeness (QED) is 0.720. The Morgan fingerprint density at radius 1 is 1.28 bits per heavy atom. The normalized spacial score (nSPS) is 12.4. The number of hydrogen-bond acceptors (Lipinski definition) is 3. The molecule has 0 amide bonds. The molecule has 0 aliphatic carbocycles. The predicted molar refractivity (Wildman–Crippen MR) is 75.3 cm³/mol. The highest BCUT2D eigenvalue weighted by Crippen LogP contribution is 2.25. The summed E-state index contributed by atoms with van der Waals surface area (Å²) in [5, 5.41) is 3.52. The van der Waals surface area contributed by atoms with Crippen molar-refractivity contribution in [3.8, 4) is 5.75 Å². The monoisotopic (exact) mass is 251 g/mol. The lowest BCUT2D eigenvalue weighted by molar-refractivity contribution is 0.189. The van der Waals surface area contributed by atoms with E-state index in [-0.39, 0.29) is 0 Å². The van der Waals surface area contributed by atoms with Crippen molar-refractivity contribution in [2.24, 2.45) is 0 Å². The molecule has 1 atom stereocenters. The first-order valence-electron chi connectivity index (χ1n) is 6.59. The maximum Gasteiger partial charge on any atom is 0.122 e. The molecule has 0 radical (unpaired) electrons. The third kappa shape index (κ3) is 4.31. The fourth-order valence-corrected chi connectivity index (χ4v) is 2.12. The first-order chi connectivity index (χ1) is 8.72. The standard InChI is InChI=1S/C15H25NO2/c1-5-16-14(7-6-10-17-3)13-9-8-12(2)15(11-13)18-4/h8-9,11,14,16H,5-7,10H2,1-4H3. The minimum absolute atomic E-state index is 0.375. The topological polar surface area (TPSA) is 30.5 Å². The molecule has 1 rings (SSSR count). The summed E-state index contributed by atoms with van der Waals surface area (Å²) >= 11 is 0. The van der Waals surface area contributed by atoms with Crippen LogP contribution in [0.1, 0.15) is 36.9 Å². The molecule has 0 aliphatic rings. The minimum atomic E-state index is 0.375. The van der Waals surface area contributed by atoms with Crippen LogP contribution < -0.4 is 10.1 Å². The largest absolute Gasteiger partial charge is 0.496 e. The number of benzene rings is 1. The first-order valence-corrected chi connectivity index (χ1v) is 6.59. The summed E-state index contributed by atoms with van der Waals surface area (Å²) in [5.41, 5.74) is 2.46. The van der Waals surface area contributed by atoms with E-state index in [1.165, 1.54) is 11.1 Å². The van der Waals surface area contributed by atoms with E-state index >= 15 is 0 Å². The number of nitrogens with one attached hydrogen (secondary N) is 1. The van der Waals surface area contributed by atoms with Crippen LogP contribution in [-0.2, 0) is 4.74 Å². The van der Waals surface area contributed by atoms with E-state index in [1.807, 2.05) is 0 Å². The summed E-state index contributed by atoms with van der Waals surface area (Å²) in [7, 11) is 3.47. The Hall–Kier alpha value is -1.06. The zero-order chi connectivity index (χ0) is 13.4. The molecule has 0 aromatic heterocycles. The molecule has 1 aromatic carbocycles. The van der Waals surface area contributed by atoms with E-state index < -0.39 is 0 Å². The lowest BCUT2D eigenvalue weighted by Crippen LogP contribution is -2.21. The van der Waals surface area contributed by atoms with Gasteiger partial charge in [-0.05, 0) is 43.5 Å². The van der Waals surface area contributed by atoms with Gasteiger partial charge in [-0.15, -0.1) is 0 Å². The number of aryl methyl sites for hydroxylation is 1. The summed E-state index contributed by atoms with van der Waals surface area (Å²) in [5.74, 6) is 0.960. The molecule has 1 N–H and O–H groups in total. The van der Waals surface area contributed by atoms with Crippen molar-refractivity contribution in [1.82, 2.24) is 5.32 Å². The second-order valence-corrected chi connectivity index (χ2v) is 4.47. The Labute approximate surface area is 110 Å². The van der Waals surface area contributed by atoms with Crippen LogP contribution in [0.4, 0.5) is 0 Å². The molecule has 0 heterocycles. The Kier molecular flexibility index (Phi) is 6.76. The lowest BCUT2D eigenvalue weighted by atomic mass is 10.00. The van der Waals surface area contributed by atoms with E-state index in [1.54, 1.807) is 14.2 Å². The van der Waals surface area contributed by atoms with Crippen molar-refractivity contribution < 1.29 is 9.47 Å². The van der Waals surface area contributed by atoms with E-state index in [0.717, 1.165) is 31.7 Å². The summed E-state index contributed by atoms with van der Waals surface area (Å²) in [6.07, 6.45) is 2.14. The number of rotatable bonds is 8. The van der Waals surface area contributed by atoms with E-state index in [9.17, 15) is 0 Å². The molecular formula is C15H25NO2. The average molecular weight is 251 g/mol. The Morgan fingerprint density at radius 3 is 2.67 bits per heavy atom. The van der Waals surface area contributed by atoms with Gasteiger partial charge in [-0.2, -0.15) is 0 Å². The molecule has 1 aromatic rings. The molecule has 18 heavy (non-hydrogen) atoms. The number of ether oxygens (including phenoxy) is 2. The summed E-state index contributed by atoms with van der Waals surface area (Å²) in [6.45, 7) is 5.98. The minimum Gasteiger partial charge on any atom is -0.496 e. The van der Waals surface area contributed by atoms with Gasteiger partial charge in [0, 0.05) is 19.8 Å². The molecule has 0 saturated heterocycles. The Morgan fingerprint density at radius 2 is 2.06 bits per heavy atom. The van der Waals surface area contributed by atoms with E-state index in [0.29, 0.717) is 6.04 Å². The average Bonchev–Trinajstić information content (AvgIpc) is 2.39. The van der Waals surface area contributed by atoms with E-state index in [2.05, 4.69) is 37.4 Å². The SMILES string of the molecule is CCNC(CCCOC)c1ccc(C)c(OC)c1. The highest BCUT2D eigenvalue weighted by Gasteiger charge is 2.11. The van der Waals surface area contributed by atoms with Gasteiger partial charge in [0.1, 0.15) is 5.75 Å². The zero-order valence-electron chi connectivity index (χ0n) is 12.0. The van der Waals surface area contributed by atoms with Crippen molar-refractivity contribution in [2.75, 3.05) is 27.4 Å². The summed E-state index contributed by atoms with van der Waals surface area (Å²) < 4.78 is 10.5. The van der Waals surface area contributed by atoms with Crippen LogP contribution in [0, 0.1) is 6.92 Å². The maximum absolute atomic E-state index is 5.39. The number of hydrogen-bond donors (Lipinski definition) is 1. The smallest absolute Gasteiger partial charge is 0.122 e. The van der Waals surface area contributed by atoms with Gasteiger partial charge < -0.3 is 14.8 Å². The van der Waals surface area contributed by atoms with Crippen molar-refractivity contribution in [3.63, 3.8) is 0 Å². The fourth-order valence-electron chi connectivity index (χ4n) is 2.12. The van der Waals surface area contributed by atoms with Crippen LogP contribution in [-0.4, -0.2) is 27.4 Å². The molecule has 0 bridgehead atoms. The molecule has 3 heteroatoms. The van der Waals surface area contributed by atoms with Crippen LogP contribution in [0.5, 0.6) is 5.75 Å². The predicted octanol–water partition coefficient (Wildman–Crippen LogP) is 3.08.